The largest absolute Gasteiger partial charge is 0.478 e. The Hall–Kier alpha value is -2.04. The Bertz CT molecular complexity index is 806. The molecule has 136 valence electrons. The van der Waals surface area contributed by atoms with Crippen LogP contribution in [0, 0.1) is 6.92 Å². The van der Waals surface area contributed by atoms with Crippen LogP contribution in [0.5, 0.6) is 5.88 Å². The summed E-state index contributed by atoms with van der Waals surface area (Å²) in [7, 11) is -3.66. The minimum Gasteiger partial charge on any atom is -0.478 e. The summed E-state index contributed by atoms with van der Waals surface area (Å²) in [5, 5.41) is 3.74. The van der Waals surface area contributed by atoms with E-state index < -0.39 is 10.0 Å². The Morgan fingerprint density at radius 1 is 1.36 bits per heavy atom. The highest BCUT2D eigenvalue weighted by Gasteiger charge is 2.31. The molecular formula is C15H20N4O5S. The van der Waals surface area contributed by atoms with Gasteiger partial charge in [-0.05, 0) is 32.8 Å². The zero-order valence-electron chi connectivity index (χ0n) is 14.0. The molecule has 0 amide bonds. The number of hydrogen-bond donors (Lipinski definition) is 1. The highest BCUT2D eigenvalue weighted by Crippen LogP contribution is 2.31. The van der Waals surface area contributed by atoms with Gasteiger partial charge in [-0.25, -0.2) is 18.1 Å². The van der Waals surface area contributed by atoms with Gasteiger partial charge in [-0.3, -0.25) is 0 Å². The molecular weight excluding hydrogens is 348 g/mol. The van der Waals surface area contributed by atoms with Crippen LogP contribution in [-0.4, -0.2) is 42.8 Å². The summed E-state index contributed by atoms with van der Waals surface area (Å²) in [5.41, 5.74) is 0. The second kappa shape index (κ2) is 7.46. The minimum atomic E-state index is -3.66. The maximum absolute atomic E-state index is 12.3. The van der Waals surface area contributed by atoms with Crippen LogP contribution in [0.15, 0.2) is 27.7 Å². The van der Waals surface area contributed by atoms with Gasteiger partial charge in [0.1, 0.15) is 11.0 Å². The molecule has 0 saturated carbocycles. The number of hydrogen-bond acceptors (Lipinski definition) is 8. The third-order valence-electron chi connectivity index (χ3n) is 3.74. The quantitative estimate of drug-likeness (QED) is 0.779. The maximum atomic E-state index is 12.3. The van der Waals surface area contributed by atoms with Gasteiger partial charge in [0.25, 0.3) is 5.89 Å². The summed E-state index contributed by atoms with van der Waals surface area (Å²) in [4.78, 5) is 8.20. The van der Waals surface area contributed by atoms with Crippen molar-refractivity contribution in [3.05, 3.63) is 30.0 Å². The van der Waals surface area contributed by atoms with Crippen LogP contribution < -0.4 is 9.46 Å². The molecule has 9 nitrogen and oxygen atoms in total. The van der Waals surface area contributed by atoms with E-state index in [9.17, 15) is 8.42 Å². The number of ether oxygens (including phenoxy) is 2. The molecule has 3 heterocycles. The van der Waals surface area contributed by atoms with Gasteiger partial charge in [0, 0.05) is 12.6 Å². The van der Waals surface area contributed by atoms with Gasteiger partial charge in [-0.15, -0.1) is 0 Å². The van der Waals surface area contributed by atoms with E-state index in [2.05, 4.69) is 19.8 Å². The van der Waals surface area contributed by atoms with E-state index in [0.29, 0.717) is 37.0 Å². The van der Waals surface area contributed by atoms with Crippen molar-refractivity contribution in [2.24, 2.45) is 0 Å². The summed E-state index contributed by atoms with van der Waals surface area (Å²) in [6.07, 6.45) is 2.15. The normalized spacial score (nSPS) is 20.7. The molecule has 0 aromatic carbocycles. The van der Waals surface area contributed by atoms with E-state index in [4.69, 9.17) is 14.0 Å². The average Bonchev–Trinajstić information content (AvgIpc) is 3.23. The molecule has 0 unspecified atom stereocenters. The van der Waals surface area contributed by atoms with E-state index >= 15 is 0 Å². The van der Waals surface area contributed by atoms with Crippen LogP contribution in [0.4, 0.5) is 0 Å². The number of aromatic nitrogens is 3. The Kier molecular flexibility index (Phi) is 5.30. The van der Waals surface area contributed by atoms with Gasteiger partial charge >= 0.3 is 0 Å². The minimum absolute atomic E-state index is 0.0815. The molecule has 1 saturated heterocycles. The zero-order valence-corrected chi connectivity index (χ0v) is 14.8. The van der Waals surface area contributed by atoms with Gasteiger partial charge in [0.2, 0.25) is 15.9 Å². The van der Waals surface area contributed by atoms with Crippen molar-refractivity contribution in [2.75, 3.05) is 13.2 Å². The second-order valence-electron chi connectivity index (χ2n) is 5.62. The van der Waals surface area contributed by atoms with Crippen LogP contribution in [-0.2, 0) is 14.8 Å². The molecule has 10 heteroatoms. The molecule has 0 aliphatic carbocycles. The van der Waals surface area contributed by atoms with Gasteiger partial charge in [0.05, 0.1) is 18.9 Å². The summed E-state index contributed by atoms with van der Waals surface area (Å²) in [6.45, 7) is 4.20. The van der Waals surface area contributed by atoms with Gasteiger partial charge in [-0.2, -0.15) is 4.98 Å². The summed E-state index contributed by atoms with van der Waals surface area (Å²) < 4.78 is 43.3. The molecule has 1 fully saturated rings. The second-order valence-corrected chi connectivity index (χ2v) is 7.39. The van der Waals surface area contributed by atoms with E-state index in [1.807, 2.05) is 6.92 Å². The number of pyridine rings is 1. The van der Waals surface area contributed by atoms with Crippen molar-refractivity contribution in [3.8, 4) is 5.88 Å². The number of aryl methyl sites for hydroxylation is 1. The van der Waals surface area contributed by atoms with Crippen molar-refractivity contribution >= 4 is 10.0 Å². The molecule has 2 aromatic rings. The highest BCUT2D eigenvalue weighted by molar-refractivity contribution is 7.89. The first kappa shape index (κ1) is 17.8. The van der Waals surface area contributed by atoms with Crippen LogP contribution in [0.2, 0.25) is 0 Å². The SMILES string of the molecule is CCOc1ccc(S(=O)(=O)NC[C@H]2CC[C@@H](c3nc(C)no3)O2)cn1. The lowest BCUT2D eigenvalue weighted by Gasteiger charge is -2.13. The van der Waals surface area contributed by atoms with Crippen molar-refractivity contribution in [2.45, 2.75) is 43.8 Å². The Morgan fingerprint density at radius 2 is 2.20 bits per heavy atom. The number of nitrogens with zero attached hydrogens (tertiary/aromatic N) is 3. The van der Waals surface area contributed by atoms with Gasteiger partial charge in [-0.1, -0.05) is 5.16 Å². The Balaban J connectivity index is 1.55. The lowest BCUT2D eigenvalue weighted by Crippen LogP contribution is -2.32. The third kappa shape index (κ3) is 4.33. The number of sulfonamides is 1. The van der Waals surface area contributed by atoms with E-state index in [1.54, 1.807) is 6.92 Å². The van der Waals surface area contributed by atoms with Crippen LogP contribution in [0.3, 0.4) is 0 Å². The zero-order chi connectivity index (χ0) is 17.9. The third-order valence-corrected chi connectivity index (χ3v) is 5.15. The molecule has 25 heavy (non-hydrogen) atoms. The van der Waals surface area contributed by atoms with E-state index in [-0.39, 0.29) is 23.6 Å². The number of rotatable bonds is 7. The monoisotopic (exact) mass is 368 g/mol. The highest BCUT2D eigenvalue weighted by atomic mass is 32.2. The summed E-state index contributed by atoms with van der Waals surface area (Å²) in [5.74, 6) is 1.36. The fraction of sp³-hybridized carbons (Fsp3) is 0.533. The Labute approximate surface area is 145 Å². The fourth-order valence-electron chi connectivity index (χ4n) is 2.53. The standard InChI is InChI=1S/C15H20N4O5S/c1-3-22-14-7-5-12(9-16-14)25(20,21)17-8-11-4-6-13(23-11)15-18-10(2)19-24-15/h5,7,9,11,13,17H,3-4,6,8H2,1-2H3/t11-,13+/m1/s1. The lowest BCUT2D eigenvalue weighted by atomic mass is 10.2. The fourth-order valence-corrected chi connectivity index (χ4v) is 3.54. The van der Waals surface area contributed by atoms with E-state index in [0.717, 1.165) is 0 Å². The first-order chi connectivity index (χ1) is 12.0. The molecule has 3 rings (SSSR count). The average molecular weight is 368 g/mol. The molecule has 0 spiro atoms. The van der Waals surface area contributed by atoms with Crippen LogP contribution in [0.1, 0.15) is 37.6 Å². The molecule has 1 aliphatic heterocycles. The van der Waals surface area contributed by atoms with Crippen molar-refractivity contribution in [1.82, 2.24) is 19.8 Å². The topological polar surface area (TPSA) is 116 Å². The molecule has 1 N–H and O–H groups in total. The first-order valence-electron chi connectivity index (χ1n) is 8.02. The Morgan fingerprint density at radius 3 is 2.84 bits per heavy atom. The maximum Gasteiger partial charge on any atom is 0.255 e. The van der Waals surface area contributed by atoms with Crippen LogP contribution >= 0.6 is 0 Å². The first-order valence-corrected chi connectivity index (χ1v) is 9.50. The van der Waals surface area contributed by atoms with Crippen molar-refractivity contribution in [3.63, 3.8) is 0 Å². The lowest BCUT2D eigenvalue weighted by molar-refractivity contribution is 0.0290. The molecule has 1 aliphatic rings. The van der Waals surface area contributed by atoms with Crippen LogP contribution in [0.25, 0.3) is 0 Å². The predicted octanol–water partition coefficient (Wildman–Crippen LogP) is 1.37. The van der Waals surface area contributed by atoms with E-state index in [1.165, 1.54) is 18.3 Å². The van der Waals surface area contributed by atoms with Gasteiger partial charge < -0.3 is 14.0 Å². The van der Waals surface area contributed by atoms with Crippen molar-refractivity contribution in [1.29, 1.82) is 0 Å². The molecule has 0 bridgehead atoms. The molecule has 2 atom stereocenters. The predicted molar refractivity (Wildman–Crippen MR) is 86.5 cm³/mol. The summed E-state index contributed by atoms with van der Waals surface area (Å²) >= 11 is 0. The molecule has 2 aromatic heterocycles. The van der Waals surface area contributed by atoms with Gasteiger partial charge in [0.15, 0.2) is 5.82 Å². The molecule has 0 radical (unpaired) electrons. The van der Waals surface area contributed by atoms with Crippen molar-refractivity contribution < 1.29 is 22.4 Å². The smallest absolute Gasteiger partial charge is 0.255 e. The summed E-state index contributed by atoms with van der Waals surface area (Å²) in [6, 6.07) is 2.98. The number of nitrogens with one attached hydrogen (secondary N) is 1.